The molecule has 3 rings (SSSR count). The maximum Gasteiger partial charge on any atom is 0.263 e. The van der Waals surface area contributed by atoms with Crippen LogP contribution in [0.3, 0.4) is 0 Å². The van der Waals surface area contributed by atoms with Crippen LogP contribution in [0.4, 0.5) is 10.8 Å². The Labute approximate surface area is 168 Å². The Kier molecular flexibility index (Phi) is 6.22. The molecule has 0 saturated heterocycles. The van der Waals surface area contributed by atoms with E-state index in [1.165, 1.54) is 24.0 Å². The van der Waals surface area contributed by atoms with Crippen LogP contribution in [-0.4, -0.2) is 32.7 Å². The minimum atomic E-state index is -0.567. The van der Waals surface area contributed by atoms with Crippen molar-refractivity contribution in [3.05, 3.63) is 63.6 Å². The summed E-state index contributed by atoms with van der Waals surface area (Å²) in [6, 6.07) is 8.79. The molecular formula is C18H17N5O3S2. The molecule has 1 aromatic carbocycles. The molecule has 10 heteroatoms. The molecule has 0 aliphatic heterocycles. The lowest BCUT2D eigenvalue weighted by Crippen LogP contribution is -2.22. The first-order valence-electron chi connectivity index (χ1n) is 8.25. The summed E-state index contributed by atoms with van der Waals surface area (Å²) in [5, 5.41) is 13.5. The minimum Gasteiger partial charge on any atom is -0.328 e. The first-order valence-corrected chi connectivity index (χ1v) is 10.0. The fraction of sp³-hybridized carbons (Fsp3) is 0.167. The summed E-state index contributed by atoms with van der Waals surface area (Å²) in [7, 11) is 0. The highest BCUT2D eigenvalue weighted by Crippen LogP contribution is 2.26. The maximum atomic E-state index is 12.1. The molecule has 0 fully saturated rings. The van der Waals surface area contributed by atoms with Gasteiger partial charge in [0.15, 0.2) is 4.34 Å². The number of nitrogens with one attached hydrogen (secondary N) is 3. The van der Waals surface area contributed by atoms with E-state index >= 15 is 0 Å². The number of carbonyl (C=O) groups is 2. The van der Waals surface area contributed by atoms with Crippen molar-refractivity contribution >= 4 is 45.7 Å². The topological polar surface area (TPSA) is 117 Å². The van der Waals surface area contributed by atoms with E-state index in [4.69, 9.17) is 0 Å². The van der Waals surface area contributed by atoms with E-state index in [1.807, 2.05) is 32.0 Å². The van der Waals surface area contributed by atoms with Crippen molar-refractivity contribution < 1.29 is 9.59 Å². The van der Waals surface area contributed by atoms with Crippen molar-refractivity contribution in [3.63, 3.8) is 0 Å². The van der Waals surface area contributed by atoms with Gasteiger partial charge in [0.05, 0.1) is 5.75 Å². The number of aryl methyl sites for hydroxylation is 2. The molecule has 3 N–H and O–H groups in total. The van der Waals surface area contributed by atoms with Gasteiger partial charge in [0, 0.05) is 11.9 Å². The number of hydrogen-bond acceptors (Lipinski definition) is 7. The Morgan fingerprint density at radius 1 is 1.18 bits per heavy atom. The molecule has 2 heterocycles. The molecule has 0 atom stereocenters. The Hall–Kier alpha value is -2.98. The monoisotopic (exact) mass is 415 g/mol. The Balaban J connectivity index is 1.54. The number of hydrogen-bond donors (Lipinski definition) is 3. The SMILES string of the molecule is Cc1ccc(NC(=O)CSc2nnc(NC(=O)c3ccc[nH]c3=O)s2)c(C)c1. The number of pyridine rings is 1. The van der Waals surface area contributed by atoms with Crippen molar-refractivity contribution in [2.45, 2.75) is 18.2 Å². The minimum absolute atomic E-state index is 0.0141. The molecule has 0 spiro atoms. The third kappa shape index (κ3) is 5.05. The summed E-state index contributed by atoms with van der Waals surface area (Å²) >= 11 is 2.35. The quantitative estimate of drug-likeness (QED) is 0.421. The van der Waals surface area contributed by atoms with Crippen LogP contribution in [0.2, 0.25) is 0 Å². The van der Waals surface area contributed by atoms with Gasteiger partial charge in [0.25, 0.3) is 11.5 Å². The summed E-state index contributed by atoms with van der Waals surface area (Å²) in [6.45, 7) is 3.93. The van der Waals surface area contributed by atoms with E-state index in [9.17, 15) is 14.4 Å². The fourth-order valence-electron chi connectivity index (χ4n) is 2.35. The van der Waals surface area contributed by atoms with Gasteiger partial charge in [-0.05, 0) is 37.6 Å². The van der Waals surface area contributed by atoms with E-state index in [1.54, 1.807) is 6.07 Å². The molecule has 0 aliphatic carbocycles. The summed E-state index contributed by atoms with van der Waals surface area (Å²) in [5.41, 5.74) is 2.40. The normalized spacial score (nSPS) is 10.5. The van der Waals surface area contributed by atoms with Gasteiger partial charge in [0.2, 0.25) is 11.0 Å². The van der Waals surface area contributed by atoms with Gasteiger partial charge in [-0.15, -0.1) is 10.2 Å². The number of thioether (sulfide) groups is 1. The van der Waals surface area contributed by atoms with Gasteiger partial charge in [-0.25, -0.2) is 0 Å². The molecule has 0 radical (unpaired) electrons. The van der Waals surface area contributed by atoms with Crippen molar-refractivity contribution in [1.82, 2.24) is 15.2 Å². The predicted molar refractivity (Wildman–Crippen MR) is 110 cm³/mol. The van der Waals surface area contributed by atoms with Crippen LogP contribution >= 0.6 is 23.1 Å². The van der Waals surface area contributed by atoms with Crippen molar-refractivity contribution in [2.24, 2.45) is 0 Å². The van der Waals surface area contributed by atoms with Gasteiger partial charge in [-0.2, -0.15) is 0 Å². The Morgan fingerprint density at radius 2 is 2.00 bits per heavy atom. The largest absolute Gasteiger partial charge is 0.328 e. The predicted octanol–water partition coefficient (Wildman–Crippen LogP) is 2.83. The average molecular weight is 416 g/mol. The van der Waals surface area contributed by atoms with Crippen molar-refractivity contribution in [2.75, 3.05) is 16.4 Å². The first kappa shape index (κ1) is 19.8. The zero-order chi connectivity index (χ0) is 20.1. The Morgan fingerprint density at radius 3 is 2.75 bits per heavy atom. The van der Waals surface area contributed by atoms with Gasteiger partial charge < -0.3 is 10.3 Å². The second-order valence-corrected chi connectivity index (χ2v) is 8.10. The summed E-state index contributed by atoms with van der Waals surface area (Å²) in [5.74, 6) is -0.565. The number of H-pyrrole nitrogens is 1. The lowest BCUT2D eigenvalue weighted by atomic mass is 10.1. The van der Waals surface area contributed by atoms with Gasteiger partial charge in [0.1, 0.15) is 5.56 Å². The average Bonchev–Trinajstić information content (AvgIpc) is 3.10. The summed E-state index contributed by atoms with van der Waals surface area (Å²) in [4.78, 5) is 38.3. The van der Waals surface area contributed by atoms with E-state index in [0.29, 0.717) is 4.34 Å². The third-order valence-electron chi connectivity index (χ3n) is 3.67. The van der Waals surface area contributed by atoms with E-state index in [-0.39, 0.29) is 22.4 Å². The number of anilines is 2. The third-order valence-corrected chi connectivity index (χ3v) is 5.64. The molecule has 2 amide bonds. The van der Waals surface area contributed by atoms with E-state index < -0.39 is 11.5 Å². The summed E-state index contributed by atoms with van der Waals surface area (Å²) < 4.78 is 0.535. The van der Waals surface area contributed by atoms with Crippen LogP contribution in [0.5, 0.6) is 0 Å². The molecule has 2 aromatic heterocycles. The molecule has 3 aromatic rings. The van der Waals surface area contributed by atoms with Gasteiger partial charge >= 0.3 is 0 Å². The van der Waals surface area contributed by atoms with Crippen LogP contribution in [0, 0.1) is 13.8 Å². The number of aromatic nitrogens is 3. The Bertz CT molecular complexity index is 1080. The highest BCUT2D eigenvalue weighted by molar-refractivity contribution is 8.01. The number of nitrogens with zero attached hydrogens (tertiary/aromatic N) is 2. The smallest absolute Gasteiger partial charge is 0.263 e. The van der Waals surface area contributed by atoms with Crippen LogP contribution in [0.15, 0.2) is 45.7 Å². The van der Waals surface area contributed by atoms with Crippen LogP contribution in [0.1, 0.15) is 21.5 Å². The maximum absolute atomic E-state index is 12.1. The second kappa shape index (κ2) is 8.81. The zero-order valence-electron chi connectivity index (χ0n) is 15.1. The number of amides is 2. The summed E-state index contributed by atoms with van der Waals surface area (Å²) in [6.07, 6.45) is 1.45. The number of carbonyl (C=O) groups excluding carboxylic acids is 2. The standard InChI is InChI=1S/C18H17N5O3S2/c1-10-5-6-13(11(2)8-10)20-14(24)9-27-18-23-22-17(28-18)21-16(26)12-4-3-7-19-15(12)25/h3-8H,9H2,1-2H3,(H,19,25)(H,20,24)(H,21,22,26). The lowest BCUT2D eigenvalue weighted by molar-refractivity contribution is -0.113. The second-order valence-electron chi connectivity index (χ2n) is 5.90. The number of rotatable bonds is 6. The molecule has 8 nitrogen and oxygen atoms in total. The van der Waals surface area contributed by atoms with Gasteiger partial charge in [-0.1, -0.05) is 40.8 Å². The molecule has 0 bridgehead atoms. The van der Waals surface area contributed by atoms with Crippen LogP contribution < -0.4 is 16.2 Å². The van der Waals surface area contributed by atoms with E-state index in [0.717, 1.165) is 28.2 Å². The number of benzene rings is 1. The molecule has 0 unspecified atom stereocenters. The highest BCUT2D eigenvalue weighted by atomic mass is 32.2. The van der Waals surface area contributed by atoms with Crippen LogP contribution in [0.25, 0.3) is 0 Å². The molecule has 0 saturated carbocycles. The van der Waals surface area contributed by atoms with Crippen molar-refractivity contribution in [3.8, 4) is 0 Å². The first-order chi connectivity index (χ1) is 13.4. The van der Waals surface area contributed by atoms with Gasteiger partial charge in [-0.3, -0.25) is 19.7 Å². The van der Waals surface area contributed by atoms with Crippen LogP contribution in [-0.2, 0) is 4.79 Å². The van der Waals surface area contributed by atoms with Crippen molar-refractivity contribution in [1.29, 1.82) is 0 Å². The fourth-order valence-corrected chi connectivity index (χ4v) is 3.90. The molecule has 144 valence electrons. The lowest BCUT2D eigenvalue weighted by Gasteiger charge is -2.08. The molecular weight excluding hydrogens is 398 g/mol. The molecule has 28 heavy (non-hydrogen) atoms. The number of aromatic amines is 1. The van der Waals surface area contributed by atoms with E-state index in [2.05, 4.69) is 25.8 Å². The molecule has 0 aliphatic rings. The highest BCUT2D eigenvalue weighted by Gasteiger charge is 2.14. The zero-order valence-corrected chi connectivity index (χ0v) is 16.7.